The number of hydrogen-bond donors (Lipinski definition) is 2. The average molecular weight is 297 g/mol. The van der Waals surface area contributed by atoms with Gasteiger partial charge in [0.25, 0.3) is 0 Å². The van der Waals surface area contributed by atoms with Crippen molar-refractivity contribution in [3.63, 3.8) is 0 Å². The lowest BCUT2D eigenvalue weighted by Gasteiger charge is -2.10. The number of carbonyl (C=O) groups is 2. The largest absolute Gasteiger partial charge is 0.478 e. The number of anilines is 1. The van der Waals surface area contributed by atoms with E-state index in [1.165, 1.54) is 0 Å². The minimum Gasteiger partial charge on any atom is -0.478 e. The van der Waals surface area contributed by atoms with Crippen LogP contribution in [0.15, 0.2) is 12.1 Å². The van der Waals surface area contributed by atoms with E-state index in [0.29, 0.717) is 12.1 Å². The highest BCUT2D eigenvalue weighted by molar-refractivity contribution is 6.00. The van der Waals surface area contributed by atoms with Crippen molar-refractivity contribution >= 4 is 17.6 Å². The summed E-state index contributed by atoms with van der Waals surface area (Å²) in [6.45, 7) is 0. The Balaban J connectivity index is 2.89. The highest BCUT2D eigenvalue weighted by atomic mass is 19.4. The third kappa shape index (κ3) is 4.48. The lowest BCUT2D eigenvalue weighted by molar-refractivity contribution is -0.142. The average Bonchev–Trinajstić information content (AvgIpc) is 2.29. The van der Waals surface area contributed by atoms with Crippen molar-refractivity contribution in [1.29, 1.82) is 0 Å². The van der Waals surface area contributed by atoms with Crippen molar-refractivity contribution < 1.29 is 36.6 Å². The van der Waals surface area contributed by atoms with E-state index in [9.17, 15) is 31.5 Å². The maximum absolute atomic E-state index is 12.9. The molecule has 2 N–H and O–H groups in total. The molecule has 0 heterocycles. The van der Waals surface area contributed by atoms with Crippen LogP contribution in [0.25, 0.3) is 0 Å². The van der Waals surface area contributed by atoms with Crippen molar-refractivity contribution in [2.75, 3.05) is 5.32 Å². The molecule has 0 saturated heterocycles. The van der Waals surface area contributed by atoms with Crippen molar-refractivity contribution in [2.45, 2.75) is 19.0 Å². The highest BCUT2D eigenvalue weighted by Crippen LogP contribution is 2.23. The van der Waals surface area contributed by atoms with Gasteiger partial charge in [0.05, 0.1) is 17.7 Å². The molecule has 110 valence electrons. The normalized spacial score (nSPS) is 11.2. The zero-order chi connectivity index (χ0) is 15.5. The Hall–Kier alpha value is -2.19. The molecule has 1 rings (SSSR count). The summed E-state index contributed by atoms with van der Waals surface area (Å²) in [4.78, 5) is 22.0. The van der Waals surface area contributed by atoms with Gasteiger partial charge in [-0.15, -0.1) is 0 Å². The first-order valence-corrected chi connectivity index (χ1v) is 5.19. The molecule has 1 amide bonds. The molecule has 0 spiro atoms. The van der Waals surface area contributed by atoms with Crippen molar-refractivity contribution in [1.82, 2.24) is 0 Å². The Labute approximate surface area is 109 Å². The summed E-state index contributed by atoms with van der Waals surface area (Å²) in [7, 11) is 0. The van der Waals surface area contributed by atoms with Gasteiger partial charge in [-0.05, 0) is 6.07 Å². The van der Waals surface area contributed by atoms with Gasteiger partial charge in [-0.3, -0.25) is 4.79 Å². The predicted octanol–water partition coefficient (Wildman–Crippen LogP) is 2.94. The summed E-state index contributed by atoms with van der Waals surface area (Å²) in [5.74, 6) is -5.69. The number of benzene rings is 1. The van der Waals surface area contributed by atoms with Crippen LogP contribution >= 0.6 is 0 Å². The van der Waals surface area contributed by atoms with Gasteiger partial charge in [-0.2, -0.15) is 13.2 Å². The molecule has 0 bridgehead atoms. The number of halogens is 5. The van der Waals surface area contributed by atoms with Crippen LogP contribution in [-0.4, -0.2) is 23.2 Å². The van der Waals surface area contributed by atoms with Crippen molar-refractivity contribution in [2.24, 2.45) is 0 Å². The summed E-state index contributed by atoms with van der Waals surface area (Å²) in [6.07, 6.45) is -6.92. The van der Waals surface area contributed by atoms with Crippen LogP contribution < -0.4 is 5.32 Å². The molecule has 0 aromatic heterocycles. The fourth-order valence-corrected chi connectivity index (χ4v) is 1.30. The van der Waals surface area contributed by atoms with Crippen molar-refractivity contribution in [3.05, 3.63) is 29.3 Å². The monoisotopic (exact) mass is 297 g/mol. The minimum absolute atomic E-state index is 0.330. The van der Waals surface area contributed by atoms with Gasteiger partial charge in [0.15, 0.2) is 11.6 Å². The lowest BCUT2D eigenvalue weighted by Crippen LogP contribution is -2.18. The van der Waals surface area contributed by atoms with Gasteiger partial charge in [0.2, 0.25) is 5.91 Å². The summed E-state index contributed by atoms with van der Waals surface area (Å²) in [5, 5.41) is 10.5. The molecule has 0 aliphatic carbocycles. The van der Waals surface area contributed by atoms with Crippen LogP contribution in [0.5, 0.6) is 0 Å². The van der Waals surface area contributed by atoms with E-state index in [4.69, 9.17) is 5.11 Å². The zero-order valence-corrected chi connectivity index (χ0v) is 9.72. The number of rotatable bonds is 4. The van der Waals surface area contributed by atoms with E-state index in [2.05, 4.69) is 0 Å². The maximum Gasteiger partial charge on any atom is 0.389 e. The van der Waals surface area contributed by atoms with Gasteiger partial charge in [0, 0.05) is 12.5 Å². The molecule has 1 aromatic carbocycles. The second-order valence-electron chi connectivity index (χ2n) is 3.78. The van der Waals surface area contributed by atoms with Crippen LogP contribution in [0.4, 0.5) is 27.6 Å². The van der Waals surface area contributed by atoms with E-state index in [0.717, 1.165) is 0 Å². The number of amides is 1. The van der Waals surface area contributed by atoms with Crippen LogP contribution in [-0.2, 0) is 4.79 Å². The number of aromatic carboxylic acids is 1. The third-order valence-electron chi connectivity index (χ3n) is 2.20. The van der Waals surface area contributed by atoms with Gasteiger partial charge in [0.1, 0.15) is 0 Å². The van der Waals surface area contributed by atoms with Crippen molar-refractivity contribution in [3.8, 4) is 0 Å². The van der Waals surface area contributed by atoms with E-state index in [-0.39, 0.29) is 0 Å². The molecule has 0 aliphatic rings. The van der Waals surface area contributed by atoms with Gasteiger partial charge < -0.3 is 10.4 Å². The van der Waals surface area contributed by atoms with Crippen LogP contribution in [0, 0.1) is 11.6 Å². The number of carboxylic acid groups (broad SMARTS) is 1. The summed E-state index contributed by atoms with van der Waals surface area (Å²) in [6, 6.07) is 0.724. The molecule has 0 aliphatic heterocycles. The third-order valence-corrected chi connectivity index (χ3v) is 2.20. The number of alkyl halides is 3. The number of hydrogen-bond acceptors (Lipinski definition) is 2. The van der Waals surface area contributed by atoms with E-state index < -0.39 is 53.8 Å². The fourth-order valence-electron chi connectivity index (χ4n) is 1.30. The predicted molar refractivity (Wildman–Crippen MR) is 57.2 cm³/mol. The second-order valence-corrected chi connectivity index (χ2v) is 3.78. The Kier molecular flexibility index (Phi) is 4.64. The topological polar surface area (TPSA) is 66.4 Å². The molecule has 0 saturated carbocycles. The molecule has 1 aromatic rings. The first kappa shape index (κ1) is 15.9. The first-order chi connectivity index (χ1) is 9.10. The Bertz CT molecular complexity index is 542. The summed E-state index contributed by atoms with van der Waals surface area (Å²) < 4.78 is 61.5. The number of nitrogens with one attached hydrogen (secondary N) is 1. The van der Waals surface area contributed by atoms with Gasteiger partial charge >= 0.3 is 12.1 Å². The van der Waals surface area contributed by atoms with Gasteiger partial charge in [-0.1, -0.05) is 0 Å². The Morgan fingerprint density at radius 3 is 2.20 bits per heavy atom. The SMILES string of the molecule is O=C(CCC(F)(F)F)Nc1cc(F)c(F)cc1C(=O)O. The smallest absolute Gasteiger partial charge is 0.389 e. The Morgan fingerprint density at radius 2 is 1.70 bits per heavy atom. The molecule has 0 radical (unpaired) electrons. The standard InChI is InChI=1S/C11H8F5NO3/c12-6-3-5(10(19)20)8(4-7(6)13)17-9(18)1-2-11(14,15)16/h3-4H,1-2H2,(H,17,18)(H,19,20). The quantitative estimate of drug-likeness (QED) is 0.840. The summed E-state index contributed by atoms with van der Waals surface area (Å²) in [5.41, 5.74) is -1.37. The zero-order valence-electron chi connectivity index (χ0n) is 9.72. The minimum atomic E-state index is -4.55. The Morgan fingerprint density at radius 1 is 1.15 bits per heavy atom. The molecule has 9 heteroatoms. The van der Waals surface area contributed by atoms with E-state index >= 15 is 0 Å². The molecular formula is C11H8F5NO3. The molecule has 0 atom stereocenters. The number of carbonyl (C=O) groups excluding carboxylic acids is 1. The maximum atomic E-state index is 12.9. The van der Waals surface area contributed by atoms with Crippen LogP contribution in [0.1, 0.15) is 23.2 Å². The number of carboxylic acids is 1. The van der Waals surface area contributed by atoms with E-state index in [1.54, 1.807) is 5.32 Å². The van der Waals surface area contributed by atoms with Gasteiger partial charge in [-0.25, -0.2) is 13.6 Å². The second kappa shape index (κ2) is 5.85. The molecule has 20 heavy (non-hydrogen) atoms. The highest BCUT2D eigenvalue weighted by Gasteiger charge is 2.28. The van der Waals surface area contributed by atoms with E-state index in [1.807, 2.05) is 0 Å². The molecular weight excluding hydrogens is 289 g/mol. The molecule has 4 nitrogen and oxygen atoms in total. The summed E-state index contributed by atoms with van der Waals surface area (Å²) >= 11 is 0. The van der Waals surface area contributed by atoms with Crippen LogP contribution in [0.3, 0.4) is 0 Å². The molecule has 0 unspecified atom stereocenters. The van der Waals surface area contributed by atoms with Crippen LogP contribution in [0.2, 0.25) is 0 Å². The lowest BCUT2D eigenvalue weighted by atomic mass is 10.1. The first-order valence-electron chi connectivity index (χ1n) is 5.19. The fraction of sp³-hybridized carbons (Fsp3) is 0.273. The molecule has 0 fully saturated rings.